The Morgan fingerprint density at radius 3 is 3.20 bits per heavy atom. The Labute approximate surface area is 96.1 Å². The molecule has 2 nitrogen and oxygen atoms in total. The summed E-state index contributed by atoms with van der Waals surface area (Å²) in [5.74, 6) is 0.708. The van der Waals surface area contributed by atoms with Gasteiger partial charge in [0, 0.05) is 12.6 Å². The van der Waals surface area contributed by atoms with Gasteiger partial charge in [0.15, 0.2) is 0 Å². The molecule has 2 heterocycles. The minimum Gasteiger partial charge on any atom is -0.330 e. The zero-order valence-corrected chi connectivity index (χ0v) is 10.2. The summed E-state index contributed by atoms with van der Waals surface area (Å²) in [4.78, 5) is 2.57. The molecule has 0 spiro atoms. The molecule has 0 amide bonds. The first kappa shape index (κ1) is 11.1. The number of hydrogen-bond donors (Lipinski definition) is 1. The van der Waals surface area contributed by atoms with Crippen molar-refractivity contribution >= 4 is 11.3 Å². The Balaban J connectivity index is 1.98. The molecule has 0 saturated carbocycles. The maximum absolute atomic E-state index is 5.76. The predicted octanol–water partition coefficient (Wildman–Crippen LogP) is 2.48. The van der Waals surface area contributed by atoms with Gasteiger partial charge in [-0.2, -0.15) is 11.3 Å². The zero-order valence-electron chi connectivity index (χ0n) is 9.36. The van der Waals surface area contributed by atoms with Gasteiger partial charge in [-0.3, -0.25) is 4.90 Å². The highest BCUT2D eigenvalue weighted by Crippen LogP contribution is 2.27. The van der Waals surface area contributed by atoms with E-state index in [0.717, 1.165) is 6.54 Å². The van der Waals surface area contributed by atoms with Crippen LogP contribution in [-0.2, 0) is 0 Å². The molecule has 0 aliphatic carbocycles. The van der Waals surface area contributed by atoms with Crippen molar-refractivity contribution in [2.75, 3.05) is 19.6 Å². The first-order chi connectivity index (χ1) is 7.31. The van der Waals surface area contributed by atoms with Crippen molar-refractivity contribution in [3.05, 3.63) is 22.4 Å². The van der Waals surface area contributed by atoms with E-state index in [4.69, 9.17) is 5.73 Å². The molecule has 1 fully saturated rings. The van der Waals surface area contributed by atoms with Gasteiger partial charge in [-0.15, -0.1) is 0 Å². The third-order valence-electron chi connectivity index (χ3n) is 3.46. The van der Waals surface area contributed by atoms with Gasteiger partial charge in [0.1, 0.15) is 0 Å². The van der Waals surface area contributed by atoms with E-state index >= 15 is 0 Å². The van der Waals surface area contributed by atoms with Crippen LogP contribution in [0.1, 0.15) is 31.4 Å². The molecule has 15 heavy (non-hydrogen) atoms. The molecule has 0 radical (unpaired) electrons. The third kappa shape index (κ3) is 2.60. The summed E-state index contributed by atoms with van der Waals surface area (Å²) in [5, 5.41) is 4.42. The van der Waals surface area contributed by atoms with Gasteiger partial charge in [-0.05, 0) is 61.2 Å². The molecule has 3 heteroatoms. The summed E-state index contributed by atoms with van der Waals surface area (Å²) in [7, 11) is 0. The van der Waals surface area contributed by atoms with Crippen LogP contribution in [0.4, 0.5) is 0 Å². The molecule has 84 valence electrons. The molecule has 0 aromatic carbocycles. The van der Waals surface area contributed by atoms with Gasteiger partial charge >= 0.3 is 0 Å². The smallest absolute Gasteiger partial charge is 0.0328 e. The topological polar surface area (TPSA) is 29.3 Å². The lowest BCUT2D eigenvalue weighted by atomic mass is 9.96. The van der Waals surface area contributed by atoms with Gasteiger partial charge in [0.25, 0.3) is 0 Å². The molecule has 1 aromatic heterocycles. The summed E-state index contributed by atoms with van der Waals surface area (Å²) >= 11 is 1.79. The van der Waals surface area contributed by atoms with Crippen LogP contribution in [0.2, 0.25) is 0 Å². The van der Waals surface area contributed by atoms with Gasteiger partial charge in [-0.1, -0.05) is 0 Å². The Hall–Kier alpha value is -0.380. The van der Waals surface area contributed by atoms with Crippen LogP contribution in [0.5, 0.6) is 0 Å². The molecule has 2 rings (SSSR count). The molecule has 2 unspecified atom stereocenters. The maximum atomic E-state index is 5.76. The summed E-state index contributed by atoms with van der Waals surface area (Å²) in [6.07, 6.45) is 2.61. The van der Waals surface area contributed by atoms with Crippen molar-refractivity contribution < 1.29 is 0 Å². The molecule has 1 saturated heterocycles. The molecular weight excluding hydrogens is 204 g/mol. The maximum Gasteiger partial charge on any atom is 0.0328 e. The fourth-order valence-electron chi connectivity index (χ4n) is 2.36. The number of rotatable bonds is 3. The van der Waals surface area contributed by atoms with Crippen LogP contribution >= 0.6 is 11.3 Å². The predicted molar refractivity (Wildman–Crippen MR) is 66.1 cm³/mol. The van der Waals surface area contributed by atoms with Gasteiger partial charge in [0.05, 0.1) is 0 Å². The Morgan fingerprint density at radius 1 is 1.67 bits per heavy atom. The standard InChI is InChI=1S/C12H20N2S/c1-10(12-4-6-15-9-12)14-5-2-3-11(7-13)8-14/h4,6,9-11H,2-3,5,7-8,13H2,1H3. The van der Waals surface area contributed by atoms with E-state index in [-0.39, 0.29) is 0 Å². The van der Waals surface area contributed by atoms with Crippen LogP contribution in [0.15, 0.2) is 16.8 Å². The molecule has 2 atom stereocenters. The van der Waals surface area contributed by atoms with Crippen LogP contribution in [-0.4, -0.2) is 24.5 Å². The van der Waals surface area contributed by atoms with Crippen LogP contribution in [0.3, 0.4) is 0 Å². The largest absolute Gasteiger partial charge is 0.330 e. The van der Waals surface area contributed by atoms with Crippen molar-refractivity contribution in [1.29, 1.82) is 0 Å². The van der Waals surface area contributed by atoms with Crippen molar-refractivity contribution in [3.8, 4) is 0 Å². The second-order valence-electron chi connectivity index (χ2n) is 4.47. The summed E-state index contributed by atoms with van der Waals surface area (Å²) in [6.45, 7) is 5.55. The average molecular weight is 224 g/mol. The van der Waals surface area contributed by atoms with Gasteiger partial charge < -0.3 is 5.73 Å². The summed E-state index contributed by atoms with van der Waals surface area (Å²) in [6, 6.07) is 2.80. The number of hydrogen-bond acceptors (Lipinski definition) is 3. The van der Waals surface area contributed by atoms with Crippen molar-refractivity contribution in [3.63, 3.8) is 0 Å². The van der Waals surface area contributed by atoms with Crippen LogP contribution < -0.4 is 5.73 Å². The number of thiophene rings is 1. The highest BCUT2D eigenvalue weighted by molar-refractivity contribution is 7.07. The van der Waals surface area contributed by atoms with E-state index in [0.29, 0.717) is 12.0 Å². The SMILES string of the molecule is CC(c1ccsc1)N1CCCC(CN)C1. The summed E-state index contributed by atoms with van der Waals surface area (Å²) < 4.78 is 0. The van der Waals surface area contributed by atoms with Crippen molar-refractivity contribution in [2.45, 2.75) is 25.8 Å². The first-order valence-corrected chi connectivity index (χ1v) is 6.71. The number of likely N-dealkylation sites (tertiary alicyclic amines) is 1. The molecule has 0 bridgehead atoms. The second-order valence-corrected chi connectivity index (χ2v) is 5.25. The summed E-state index contributed by atoms with van der Waals surface area (Å²) in [5.41, 5.74) is 7.22. The minimum atomic E-state index is 0.561. The molecule has 1 aromatic rings. The number of piperidine rings is 1. The van der Waals surface area contributed by atoms with Crippen molar-refractivity contribution in [2.24, 2.45) is 11.7 Å². The van der Waals surface area contributed by atoms with Gasteiger partial charge in [0.2, 0.25) is 0 Å². The quantitative estimate of drug-likeness (QED) is 0.854. The number of nitrogens with two attached hydrogens (primary N) is 1. The average Bonchev–Trinajstić information content (AvgIpc) is 2.81. The van der Waals surface area contributed by atoms with E-state index in [2.05, 4.69) is 28.7 Å². The van der Waals surface area contributed by atoms with E-state index in [1.165, 1.54) is 31.5 Å². The van der Waals surface area contributed by atoms with Crippen LogP contribution in [0, 0.1) is 5.92 Å². The van der Waals surface area contributed by atoms with E-state index in [1.807, 2.05) is 0 Å². The Kier molecular flexibility index (Phi) is 3.78. The third-order valence-corrected chi connectivity index (χ3v) is 4.16. The van der Waals surface area contributed by atoms with E-state index in [9.17, 15) is 0 Å². The lowest BCUT2D eigenvalue weighted by molar-refractivity contribution is 0.135. The number of nitrogens with zero attached hydrogens (tertiary/aromatic N) is 1. The second kappa shape index (κ2) is 5.10. The fourth-order valence-corrected chi connectivity index (χ4v) is 3.11. The lowest BCUT2D eigenvalue weighted by Crippen LogP contribution is -2.39. The molecule has 1 aliphatic heterocycles. The lowest BCUT2D eigenvalue weighted by Gasteiger charge is -2.36. The van der Waals surface area contributed by atoms with E-state index in [1.54, 1.807) is 11.3 Å². The molecule has 1 aliphatic rings. The fraction of sp³-hybridized carbons (Fsp3) is 0.667. The Morgan fingerprint density at radius 2 is 2.53 bits per heavy atom. The van der Waals surface area contributed by atoms with E-state index < -0.39 is 0 Å². The monoisotopic (exact) mass is 224 g/mol. The molecular formula is C12H20N2S. The zero-order chi connectivity index (χ0) is 10.7. The molecule has 2 N–H and O–H groups in total. The Bertz CT molecular complexity index is 284. The first-order valence-electron chi connectivity index (χ1n) is 5.77. The highest BCUT2D eigenvalue weighted by Gasteiger charge is 2.23. The van der Waals surface area contributed by atoms with Crippen LogP contribution in [0.25, 0.3) is 0 Å². The minimum absolute atomic E-state index is 0.561. The highest BCUT2D eigenvalue weighted by atomic mass is 32.1. The normalized spacial score (nSPS) is 25.3. The van der Waals surface area contributed by atoms with Crippen molar-refractivity contribution in [1.82, 2.24) is 4.90 Å². The van der Waals surface area contributed by atoms with Gasteiger partial charge in [-0.25, -0.2) is 0 Å².